The van der Waals surface area contributed by atoms with Crippen LogP contribution in [0.15, 0.2) is 24.3 Å². The molecule has 2 rings (SSSR count). The fraction of sp³-hybridized carbons (Fsp3) is 0.600. The Hall–Kier alpha value is -0.970. The summed E-state index contributed by atoms with van der Waals surface area (Å²) in [6, 6.07) is 6.80. The predicted octanol–water partition coefficient (Wildman–Crippen LogP) is 2.55. The van der Waals surface area contributed by atoms with Crippen LogP contribution in [-0.4, -0.2) is 18.8 Å². The van der Waals surface area contributed by atoms with Gasteiger partial charge < -0.3 is 4.74 Å². The molecule has 0 radical (unpaired) electrons. The number of rotatable bonds is 5. The van der Waals surface area contributed by atoms with Crippen LogP contribution in [0.1, 0.15) is 37.7 Å². The lowest BCUT2D eigenvalue weighted by atomic mass is 9.77. The van der Waals surface area contributed by atoms with E-state index in [1.54, 1.807) is 13.2 Å². The van der Waals surface area contributed by atoms with Crippen LogP contribution in [0.5, 0.6) is 0 Å². The summed E-state index contributed by atoms with van der Waals surface area (Å²) in [5, 5.41) is 0. The molecule has 19 heavy (non-hydrogen) atoms. The largest absolute Gasteiger partial charge is 0.377 e. The number of hydrogen-bond acceptors (Lipinski definition) is 3. The molecule has 1 unspecified atom stereocenters. The Bertz CT molecular complexity index is 405. The first-order valence-electron chi connectivity index (χ1n) is 6.96. The fourth-order valence-electron chi connectivity index (χ4n) is 3.13. The van der Waals surface area contributed by atoms with Gasteiger partial charge in [-0.1, -0.05) is 37.5 Å². The molecule has 1 aliphatic rings. The summed E-state index contributed by atoms with van der Waals surface area (Å²) in [6.45, 7) is 0. The molecule has 0 amide bonds. The van der Waals surface area contributed by atoms with Crippen molar-refractivity contribution in [1.29, 1.82) is 0 Å². The molecule has 0 spiro atoms. The molecule has 1 aromatic rings. The topological polar surface area (TPSA) is 47.3 Å². The van der Waals surface area contributed by atoms with E-state index in [-0.39, 0.29) is 17.5 Å². The lowest BCUT2D eigenvalue weighted by Gasteiger charge is -2.42. The minimum absolute atomic E-state index is 0.0605. The molecule has 3 nitrogen and oxygen atoms in total. The van der Waals surface area contributed by atoms with Gasteiger partial charge in [0.15, 0.2) is 0 Å². The maximum Gasteiger partial charge on any atom is 0.126 e. The minimum Gasteiger partial charge on any atom is -0.377 e. The maximum absolute atomic E-state index is 13.8. The van der Waals surface area contributed by atoms with Gasteiger partial charge in [0.2, 0.25) is 0 Å². The molecule has 0 aromatic heterocycles. The maximum atomic E-state index is 13.8. The third-order valence-corrected chi connectivity index (χ3v) is 4.32. The van der Waals surface area contributed by atoms with Gasteiger partial charge in [-0.3, -0.25) is 11.3 Å². The van der Waals surface area contributed by atoms with Crippen molar-refractivity contribution in [2.24, 2.45) is 5.84 Å². The number of halogens is 1. The van der Waals surface area contributed by atoms with Crippen LogP contribution in [0.3, 0.4) is 0 Å². The number of ether oxygens (including phenoxy) is 1. The molecular formula is C15H23FN2O. The van der Waals surface area contributed by atoms with Gasteiger partial charge in [0.05, 0.1) is 11.6 Å². The van der Waals surface area contributed by atoms with E-state index in [4.69, 9.17) is 10.6 Å². The Morgan fingerprint density at radius 3 is 2.58 bits per heavy atom. The van der Waals surface area contributed by atoms with Gasteiger partial charge in [-0.2, -0.15) is 0 Å². The molecular weight excluding hydrogens is 243 g/mol. The monoisotopic (exact) mass is 266 g/mol. The lowest BCUT2D eigenvalue weighted by molar-refractivity contribution is -0.0675. The second-order valence-corrected chi connectivity index (χ2v) is 5.34. The van der Waals surface area contributed by atoms with Gasteiger partial charge in [0.25, 0.3) is 0 Å². The van der Waals surface area contributed by atoms with E-state index in [0.717, 1.165) is 25.7 Å². The van der Waals surface area contributed by atoms with E-state index in [2.05, 4.69) is 5.43 Å². The summed E-state index contributed by atoms with van der Waals surface area (Å²) in [4.78, 5) is 0. The van der Waals surface area contributed by atoms with Gasteiger partial charge in [-0.05, 0) is 30.9 Å². The zero-order valence-corrected chi connectivity index (χ0v) is 11.5. The van der Waals surface area contributed by atoms with Crippen molar-refractivity contribution in [1.82, 2.24) is 5.43 Å². The standard InChI is InChI=1S/C15H23FN2O/c1-19-15(9-5-2-6-10-15)14(18-17)11-12-7-3-4-8-13(12)16/h3-4,7-8,14,18H,2,5-6,9-11,17H2,1H3. The first-order chi connectivity index (χ1) is 9.22. The van der Waals surface area contributed by atoms with Crippen molar-refractivity contribution in [2.45, 2.75) is 50.2 Å². The lowest BCUT2D eigenvalue weighted by Crippen LogP contribution is -2.56. The number of nitrogens with two attached hydrogens (primary N) is 1. The quantitative estimate of drug-likeness (QED) is 0.636. The van der Waals surface area contributed by atoms with Crippen molar-refractivity contribution in [2.75, 3.05) is 7.11 Å². The Kier molecular flexibility index (Phi) is 4.91. The van der Waals surface area contributed by atoms with E-state index < -0.39 is 0 Å². The van der Waals surface area contributed by atoms with E-state index >= 15 is 0 Å². The zero-order valence-electron chi connectivity index (χ0n) is 11.5. The van der Waals surface area contributed by atoms with E-state index in [1.165, 1.54) is 12.5 Å². The van der Waals surface area contributed by atoms with E-state index in [1.807, 2.05) is 12.1 Å². The van der Waals surface area contributed by atoms with Gasteiger partial charge in [0.1, 0.15) is 5.82 Å². The molecule has 3 N–H and O–H groups in total. The first-order valence-corrected chi connectivity index (χ1v) is 6.96. The van der Waals surface area contributed by atoms with Crippen LogP contribution >= 0.6 is 0 Å². The van der Waals surface area contributed by atoms with Gasteiger partial charge in [0, 0.05) is 7.11 Å². The third kappa shape index (κ3) is 3.14. The highest BCUT2D eigenvalue weighted by Gasteiger charge is 2.39. The summed E-state index contributed by atoms with van der Waals surface area (Å²) in [5.74, 6) is 5.53. The highest BCUT2D eigenvalue weighted by Crippen LogP contribution is 2.35. The van der Waals surface area contributed by atoms with Crippen molar-refractivity contribution < 1.29 is 9.13 Å². The summed E-state index contributed by atoms with van der Waals surface area (Å²) in [6.07, 6.45) is 6.03. The fourth-order valence-corrected chi connectivity index (χ4v) is 3.13. The predicted molar refractivity (Wildman–Crippen MR) is 74.0 cm³/mol. The second-order valence-electron chi connectivity index (χ2n) is 5.34. The molecule has 0 heterocycles. The Labute approximate surface area is 114 Å². The average Bonchev–Trinajstić information content (AvgIpc) is 2.47. The Balaban J connectivity index is 2.17. The molecule has 1 aromatic carbocycles. The normalized spacial score (nSPS) is 20.2. The van der Waals surface area contributed by atoms with Crippen molar-refractivity contribution in [3.63, 3.8) is 0 Å². The number of hydrazine groups is 1. The van der Waals surface area contributed by atoms with Crippen LogP contribution in [0, 0.1) is 5.82 Å². The molecule has 1 fully saturated rings. The highest BCUT2D eigenvalue weighted by molar-refractivity contribution is 5.19. The first kappa shape index (κ1) is 14.4. The van der Waals surface area contributed by atoms with Crippen LogP contribution in [0.25, 0.3) is 0 Å². The van der Waals surface area contributed by atoms with Gasteiger partial charge in [-0.25, -0.2) is 4.39 Å². The van der Waals surface area contributed by atoms with Crippen molar-refractivity contribution in [3.05, 3.63) is 35.6 Å². The van der Waals surface area contributed by atoms with Crippen molar-refractivity contribution >= 4 is 0 Å². The van der Waals surface area contributed by atoms with E-state index in [0.29, 0.717) is 12.0 Å². The molecule has 0 aliphatic heterocycles. The Morgan fingerprint density at radius 1 is 1.32 bits per heavy atom. The van der Waals surface area contributed by atoms with Crippen LogP contribution < -0.4 is 11.3 Å². The van der Waals surface area contributed by atoms with Gasteiger partial charge in [-0.15, -0.1) is 0 Å². The molecule has 0 saturated heterocycles. The van der Waals surface area contributed by atoms with Crippen LogP contribution in [0.2, 0.25) is 0 Å². The molecule has 106 valence electrons. The number of benzene rings is 1. The molecule has 4 heteroatoms. The average molecular weight is 266 g/mol. The second kappa shape index (κ2) is 6.46. The van der Waals surface area contributed by atoms with Crippen molar-refractivity contribution in [3.8, 4) is 0 Å². The van der Waals surface area contributed by atoms with Gasteiger partial charge >= 0.3 is 0 Å². The summed E-state index contributed by atoms with van der Waals surface area (Å²) >= 11 is 0. The third-order valence-electron chi connectivity index (χ3n) is 4.32. The van der Waals surface area contributed by atoms with Crippen LogP contribution in [-0.2, 0) is 11.2 Å². The Morgan fingerprint density at radius 2 is 2.00 bits per heavy atom. The highest BCUT2D eigenvalue weighted by atomic mass is 19.1. The number of hydrogen-bond donors (Lipinski definition) is 2. The summed E-state index contributed by atoms with van der Waals surface area (Å²) in [5.41, 5.74) is 3.27. The molecule has 1 aliphatic carbocycles. The van der Waals surface area contributed by atoms with E-state index in [9.17, 15) is 4.39 Å². The number of nitrogens with one attached hydrogen (secondary N) is 1. The summed E-state index contributed by atoms with van der Waals surface area (Å²) < 4.78 is 19.6. The molecule has 0 bridgehead atoms. The molecule has 1 atom stereocenters. The number of methoxy groups -OCH3 is 1. The molecule has 1 saturated carbocycles. The van der Waals surface area contributed by atoms with Crippen LogP contribution in [0.4, 0.5) is 4.39 Å². The smallest absolute Gasteiger partial charge is 0.126 e. The SMILES string of the molecule is COC1(C(Cc2ccccc2F)NN)CCCCC1. The zero-order chi connectivity index (χ0) is 13.7. The minimum atomic E-state index is -0.269. The summed E-state index contributed by atoms with van der Waals surface area (Å²) in [7, 11) is 1.73.